The van der Waals surface area contributed by atoms with E-state index in [-0.39, 0.29) is 43.3 Å². The SMILES string of the molecule is CCOC(=O)[C@H](CCCN=C(N)N)NC(=O)C1=Cc2c(cc(C)c(Cl)c2C)O[C@@H]1C(F)(F)F. The second kappa shape index (κ2) is 10.8. The minimum Gasteiger partial charge on any atom is -0.475 e. The van der Waals surface area contributed by atoms with E-state index in [0.29, 0.717) is 16.1 Å². The van der Waals surface area contributed by atoms with Crippen LogP contribution >= 0.6 is 11.6 Å². The molecule has 2 rings (SSSR count). The van der Waals surface area contributed by atoms with Crippen molar-refractivity contribution in [2.75, 3.05) is 13.2 Å². The maximum absolute atomic E-state index is 13.8. The number of aliphatic imine (C=N–C) groups is 1. The van der Waals surface area contributed by atoms with E-state index in [1.165, 1.54) is 6.07 Å². The molecule has 0 spiro atoms. The molecule has 2 atom stereocenters. The minimum atomic E-state index is -4.88. The van der Waals surface area contributed by atoms with Gasteiger partial charge in [0.2, 0.25) is 6.10 Å². The molecule has 1 amide bonds. The van der Waals surface area contributed by atoms with Crippen molar-refractivity contribution in [2.45, 2.75) is 51.9 Å². The number of esters is 1. The zero-order valence-corrected chi connectivity index (χ0v) is 19.1. The molecule has 1 aliphatic heterocycles. The van der Waals surface area contributed by atoms with E-state index in [1.54, 1.807) is 20.8 Å². The highest BCUT2D eigenvalue weighted by molar-refractivity contribution is 6.32. The standard InChI is InChI=1S/C21H26ClF3N4O4/c1-4-32-19(31)14(6-5-7-28-20(26)27)29-18(30)13-9-12-11(3)16(22)10(2)8-15(12)33-17(13)21(23,24)25/h8-9,14,17H,4-7H2,1-3H3,(H,29,30)(H4,26,27,28)/t14-,17-/m0/s1. The lowest BCUT2D eigenvalue weighted by atomic mass is 9.95. The molecule has 5 N–H and O–H groups in total. The van der Waals surface area contributed by atoms with Crippen LogP contribution in [0.3, 0.4) is 0 Å². The van der Waals surface area contributed by atoms with Gasteiger partial charge in [0.25, 0.3) is 5.91 Å². The number of hydrogen-bond acceptors (Lipinski definition) is 5. The van der Waals surface area contributed by atoms with Gasteiger partial charge in [-0.3, -0.25) is 9.79 Å². The summed E-state index contributed by atoms with van der Waals surface area (Å²) < 4.78 is 51.4. The number of nitrogens with one attached hydrogen (secondary N) is 1. The van der Waals surface area contributed by atoms with E-state index in [4.69, 9.17) is 32.5 Å². The molecule has 8 nitrogen and oxygen atoms in total. The second-order valence-corrected chi connectivity index (χ2v) is 7.79. The molecule has 12 heteroatoms. The van der Waals surface area contributed by atoms with Crippen LogP contribution in [0.25, 0.3) is 6.08 Å². The van der Waals surface area contributed by atoms with Crippen LogP contribution in [-0.2, 0) is 14.3 Å². The molecular weight excluding hydrogens is 465 g/mol. The fourth-order valence-electron chi connectivity index (χ4n) is 3.30. The average Bonchev–Trinajstić information content (AvgIpc) is 2.72. The highest BCUT2D eigenvalue weighted by atomic mass is 35.5. The lowest BCUT2D eigenvalue weighted by molar-refractivity contribution is -0.185. The second-order valence-electron chi connectivity index (χ2n) is 7.41. The number of amides is 1. The van der Waals surface area contributed by atoms with E-state index < -0.39 is 35.8 Å². The van der Waals surface area contributed by atoms with Crippen LogP contribution in [-0.4, -0.2) is 49.3 Å². The van der Waals surface area contributed by atoms with E-state index in [2.05, 4.69) is 10.3 Å². The average molecular weight is 491 g/mol. The Morgan fingerprint density at radius 1 is 1.33 bits per heavy atom. The lowest BCUT2D eigenvalue weighted by Crippen LogP contribution is -2.48. The van der Waals surface area contributed by atoms with Gasteiger partial charge < -0.3 is 26.3 Å². The molecule has 33 heavy (non-hydrogen) atoms. The quantitative estimate of drug-likeness (QED) is 0.222. The summed E-state index contributed by atoms with van der Waals surface area (Å²) in [5.74, 6) is -2.08. The Kier molecular flexibility index (Phi) is 8.59. The van der Waals surface area contributed by atoms with Crippen molar-refractivity contribution >= 4 is 35.5 Å². The van der Waals surface area contributed by atoms with Gasteiger partial charge in [0, 0.05) is 17.1 Å². The van der Waals surface area contributed by atoms with Gasteiger partial charge in [-0.2, -0.15) is 13.2 Å². The first-order valence-corrected chi connectivity index (χ1v) is 10.5. The Balaban J connectivity index is 2.38. The van der Waals surface area contributed by atoms with Gasteiger partial charge in [0.1, 0.15) is 11.8 Å². The summed E-state index contributed by atoms with van der Waals surface area (Å²) in [6.45, 7) is 5.01. The van der Waals surface area contributed by atoms with E-state index in [1.807, 2.05) is 0 Å². The molecule has 1 aromatic rings. The predicted octanol–water partition coefficient (Wildman–Crippen LogP) is 2.77. The fraction of sp³-hybridized carbons (Fsp3) is 0.476. The first-order valence-electron chi connectivity index (χ1n) is 10.1. The molecule has 0 bridgehead atoms. The Morgan fingerprint density at radius 3 is 2.58 bits per heavy atom. The summed E-state index contributed by atoms with van der Waals surface area (Å²) >= 11 is 6.22. The maximum atomic E-state index is 13.8. The number of nitrogens with zero attached hydrogens (tertiary/aromatic N) is 1. The number of ether oxygens (including phenoxy) is 2. The van der Waals surface area contributed by atoms with Crippen molar-refractivity contribution in [1.82, 2.24) is 5.32 Å². The van der Waals surface area contributed by atoms with Crippen LogP contribution in [0.2, 0.25) is 5.02 Å². The van der Waals surface area contributed by atoms with Crippen molar-refractivity contribution in [1.29, 1.82) is 0 Å². The molecular formula is C21H26ClF3N4O4. The van der Waals surface area contributed by atoms with Gasteiger partial charge in [0.15, 0.2) is 5.96 Å². The van der Waals surface area contributed by atoms with Crippen LogP contribution < -0.4 is 21.5 Å². The van der Waals surface area contributed by atoms with Crippen LogP contribution in [0.1, 0.15) is 36.5 Å². The first kappa shape index (κ1) is 26.3. The molecule has 0 unspecified atom stereocenters. The number of benzene rings is 1. The van der Waals surface area contributed by atoms with Crippen LogP contribution in [0.4, 0.5) is 13.2 Å². The van der Waals surface area contributed by atoms with Crippen LogP contribution in [0, 0.1) is 13.8 Å². The number of carbonyl (C=O) groups excluding carboxylic acids is 2. The van der Waals surface area contributed by atoms with Gasteiger partial charge in [-0.1, -0.05) is 11.6 Å². The third-order valence-corrected chi connectivity index (χ3v) is 5.48. The molecule has 0 radical (unpaired) electrons. The number of fused-ring (bicyclic) bond motifs is 1. The molecule has 1 aliphatic rings. The van der Waals surface area contributed by atoms with Crippen LogP contribution in [0.15, 0.2) is 16.6 Å². The van der Waals surface area contributed by atoms with Gasteiger partial charge in [-0.25, -0.2) is 4.79 Å². The third-order valence-electron chi connectivity index (χ3n) is 4.90. The Morgan fingerprint density at radius 2 is 2.00 bits per heavy atom. The molecule has 1 aromatic carbocycles. The maximum Gasteiger partial charge on any atom is 0.429 e. The van der Waals surface area contributed by atoms with E-state index in [9.17, 15) is 22.8 Å². The predicted molar refractivity (Wildman–Crippen MR) is 118 cm³/mol. The smallest absolute Gasteiger partial charge is 0.429 e. The summed E-state index contributed by atoms with van der Waals surface area (Å²) in [6, 6.07) is 0.185. The Labute approximate surface area is 194 Å². The zero-order chi connectivity index (χ0) is 24.9. The number of aryl methyl sites for hydroxylation is 1. The number of carbonyl (C=O) groups is 2. The molecule has 0 saturated heterocycles. The summed E-state index contributed by atoms with van der Waals surface area (Å²) in [5.41, 5.74) is 11.1. The van der Waals surface area contributed by atoms with Crippen molar-refractivity contribution in [3.63, 3.8) is 0 Å². The number of halogens is 4. The van der Waals surface area contributed by atoms with E-state index >= 15 is 0 Å². The Bertz CT molecular complexity index is 975. The summed E-state index contributed by atoms with van der Waals surface area (Å²) in [4.78, 5) is 29.0. The molecule has 182 valence electrons. The van der Waals surface area contributed by atoms with Gasteiger partial charge in [-0.05, 0) is 56.9 Å². The zero-order valence-electron chi connectivity index (χ0n) is 18.4. The minimum absolute atomic E-state index is 0.0283. The molecule has 0 aromatic heterocycles. The number of alkyl halides is 3. The molecule has 1 heterocycles. The highest BCUT2D eigenvalue weighted by Gasteiger charge is 2.49. The third kappa shape index (κ3) is 6.53. The highest BCUT2D eigenvalue weighted by Crippen LogP contribution is 2.41. The monoisotopic (exact) mass is 490 g/mol. The topological polar surface area (TPSA) is 129 Å². The normalized spacial score (nSPS) is 16.1. The van der Waals surface area contributed by atoms with Crippen molar-refractivity contribution in [3.05, 3.63) is 33.4 Å². The number of guanidine groups is 1. The van der Waals surface area contributed by atoms with Crippen molar-refractivity contribution in [2.24, 2.45) is 16.5 Å². The number of nitrogens with two attached hydrogens (primary N) is 2. The molecule has 0 fully saturated rings. The summed E-state index contributed by atoms with van der Waals surface area (Å²) in [5, 5.41) is 2.68. The fourth-order valence-corrected chi connectivity index (χ4v) is 3.46. The molecule has 0 aliphatic carbocycles. The van der Waals surface area contributed by atoms with Crippen molar-refractivity contribution < 1.29 is 32.2 Å². The number of hydrogen-bond donors (Lipinski definition) is 3. The van der Waals surface area contributed by atoms with Gasteiger partial charge in [-0.15, -0.1) is 0 Å². The van der Waals surface area contributed by atoms with Gasteiger partial charge >= 0.3 is 12.1 Å². The largest absolute Gasteiger partial charge is 0.475 e. The lowest BCUT2D eigenvalue weighted by Gasteiger charge is -2.30. The number of rotatable bonds is 8. The van der Waals surface area contributed by atoms with Gasteiger partial charge in [0.05, 0.1) is 12.2 Å². The van der Waals surface area contributed by atoms with E-state index in [0.717, 1.165) is 6.08 Å². The van der Waals surface area contributed by atoms with Crippen LogP contribution in [0.5, 0.6) is 5.75 Å². The first-order chi connectivity index (χ1) is 15.4. The summed E-state index contributed by atoms with van der Waals surface area (Å²) in [6.07, 6.45) is -5.98. The van der Waals surface area contributed by atoms with Crippen molar-refractivity contribution in [3.8, 4) is 5.75 Å². The summed E-state index contributed by atoms with van der Waals surface area (Å²) in [7, 11) is 0. The molecule has 0 saturated carbocycles. The Hall–Kier alpha value is -2.95.